The van der Waals surface area contributed by atoms with Gasteiger partial charge in [-0.25, -0.2) is 4.98 Å². The van der Waals surface area contributed by atoms with Crippen LogP contribution in [-0.4, -0.2) is 65.9 Å². The van der Waals surface area contributed by atoms with Gasteiger partial charge in [-0.15, -0.1) is 0 Å². The van der Waals surface area contributed by atoms with Crippen LogP contribution < -0.4 is 15.4 Å². The lowest BCUT2D eigenvalue weighted by atomic mass is 9.84. The lowest BCUT2D eigenvalue weighted by Gasteiger charge is -2.33. The van der Waals surface area contributed by atoms with Crippen molar-refractivity contribution in [2.75, 3.05) is 38.5 Å². The number of anilines is 1. The number of likely N-dealkylation sites (N-methyl/N-ethyl adjacent to an activating group) is 1. The molecule has 0 saturated carbocycles. The van der Waals surface area contributed by atoms with Crippen LogP contribution in [0.3, 0.4) is 0 Å². The second-order valence-electron chi connectivity index (χ2n) is 12.8. The van der Waals surface area contributed by atoms with Crippen LogP contribution in [0.2, 0.25) is 0 Å². The van der Waals surface area contributed by atoms with Gasteiger partial charge in [0.05, 0.1) is 0 Å². The van der Waals surface area contributed by atoms with Gasteiger partial charge in [-0.2, -0.15) is 0 Å². The number of benzene rings is 2. The van der Waals surface area contributed by atoms with Crippen molar-refractivity contribution in [3.63, 3.8) is 0 Å². The number of amides is 2. The lowest BCUT2D eigenvalue weighted by Crippen LogP contribution is -2.44. The zero-order valence-corrected chi connectivity index (χ0v) is 25.5. The Kier molecular flexibility index (Phi) is 8.94. The molecular formula is C34H43N5O3. The summed E-state index contributed by atoms with van der Waals surface area (Å²) in [5.41, 5.74) is 5.54. The fourth-order valence-electron chi connectivity index (χ4n) is 5.66. The van der Waals surface area contributed by atoms with Gasteiger partial charge in [0.1, 0.15) is 17.3 Å². The second-order valence-corrected chi connectivity index (χ2v) is 12.8. The van der Waals surface area contributed by atoms with Crippen molar-refractivity contribution in [1.82, 2.24) is 20.1 Å². The van der Waals surface area contributed by atoms with Crippen LogP contribution in [0.5, 0.6) is 11.5 Å². The lowest BCUT2D eigenvalue weighted by molar-refractivity contribution is -0.114. The van der Waals surface area contributed by atoms with Gasteiger partial charge in [0.2, 0.25) is 5.91 Å². The molecule has 1 unspecified atom stereocenters. The second kappa shape index (κ2) is 12.6. The maximum Gasteiger partial charge on any atom is 0.251 e. The predicted octanol–water partition coefficient (Wildman–Crippen LogP) is 5.16. The number of hydrogen-bond donors (Lipinski definition) is 2. The molecular weight excluding hydrogens is 526 g/mol. The molecule has 0 radical (unpaired) electrons. The molecule has 0 bridgehead atoms. The molecule has 1 fully saturated rings. The molecule has 1 aliphatic heterocycles. The minimum absolute atomic E-state index is 0.0103. The van der Waals surface area contributed by atoms with Crippen molar-refractivity contribution in [3.8, 4) is 11.5 Å². The van der Waals surface area contributed by atoms with E-state index in [4.69, 9.17) is 4.74 Å². The Morgan fingerprint density at radius 1 is 0.976 bits per heavy atom. The number of pyridine rings is 1. The molecule has 2 N–H and O–H groups in total. The Hall–Kier alpha value is -3.75. The number of nitrogens with zero attached hydrogens (tertiary/aromatic N) is 3. The van der Waals surface area contributed by atoms with E-state index in [9.17, 15) is 9.59 Å². The molecule has 42 heavy (non-hydrogen) atoms. The number of hydrogen-bond acceptors (Lipinski definition) is 6. The first-order chi connectivity index (χ1) is 20.0. The van der Waals surface area contributed by atoms with Crippen LogP contribution in [0.25, 0.3) is 0 Å². The van der Waals surface area contributed by atoms with Crippen molar-refractivity contribution in [2.24, 2.45) is 0 Å². The molecule has 2 aromatic carbocycles. The summed E-state index contributed by atoms with van der Waals surface area (Å²) in [5.74, 6) is 1.57. The number of rotatable bonds is 7. The first-order valence-electron chi connectivity index (χ1n) is 14.9. The average Bonchev–Trinajstić information content (AvgIpc) is 2.93. The summed E-state index contributed by atoms with van der Waals surface area (Å²) in [5, 5.41) is 6.02. The normalized spacial score (nSPS) is 17.8. The number of fused-ring (bicyclic) bond motifs is 1. The highest BCUT2D eigenvalue weighted by atomic mass is 16.5. The summed E-state index contributed by atoms with van der Waals surface area (Å²) in [6, 6.07) is 16.1. The van der Waals surface area contributed by atoms with Gasteiger partial charge in [-0.3, -0.25) is 14.5 Å². The molecule has 2 aliphatic rings. The maximum absolute atomic E-state index is 13.6. The highest BCUT2D eigenvalue weighted by Crippen LogP contribution is 2.30. The number of ether oxygens (including phenoxy) is 1. The van der Waals surface area contributed by atoms with Gasteiger partial charge < -0.3 is 20.3 Å². The van der Waals surface area contributed by atoms with E-state index in [1.165, 1.54) is 29.2 Å². The molecule has 3 aromatic rings. The van der Waals surface area contributed by atoms with Gasteiger partial charge >= 0.3 is 0 Å². The highest BCUT2D eigenvalue weighted by Gasteiger charge is 2.24. The minimum atomic E-state index is -0.182. The first-order valence-corrected chi connectivity index (χ1v) is 14.9. The van der Waals surface area contributed by atoms with Crippen LogP contribution in [0, 0.1) is 0 Å². The number of aromatic nitrogens is 1. The predicted molar refractivity (Wildman–Crippen MR) is 166 cm³/mol. The Bertz CT molecular complexity index is 1440. The zero-order valence-electron chi connectivity index (χ0n) is 25.5. The molecule has 2 heterocycles. The van der Waals surface area contributed by atoms with E-state index in [-0.39, 0.29) is 23.3 Å². The van der Waals surface area contributed by atoms with Gasteiger partial charge in [0, 0.05) is 63.5 Å². The fraction of sp³-hybridized carbons (Fsp3) is 0.441. The van der Waals surface area contributed by atoms with Gasteiger partial charge in [-0.05, 0) is 84.3 Å². The molecule has 2 amide bonds. The SMILES string of the molecule is CC(=O)Nc1cc(Oc2ccc3c(c2)CC(NC(=O)c2cc(CN4CCN(C)CC4)cc(C(C)(C)C)c2)CC3)ccn1. The van der Waals surface area contributed by atoms with E-state index in [0.717, 1.165) is 57.5 Å². The number of nitrogens with one attached hydrogen (secondary N) is 2. The Balaban J connectivity index is 1.27. The molecule has 1 aromatic heterocycles. The molecule has 5 rings (SSSR count). The summed E-state index contributed by atoms with van der Waals surface area (Å²) < 4.78 is 6.09. The van der Waals surface area contributed by atoms with Crippen molar-refractivity contribution in [3.05, 3.63) is 82.5 Å². The minimum Gasteiger partial charge on any atom is -0.457 e. The van der Waals surface area contributed by atoms with Crippen LogP contribution >= 0.6 is 0 Å². The van der Waals surface area contributed by atoms with E-state index in [1.807, 2.05) is 6.07 Å². The largest absolute Gasteiger partial charge is 0.457 e. The quantitative estimate of drug-likeness (QED) is 0.409. The Labute approximate surface area is 249 Å². The van der Waals surface area contributed by atoms with E-state index >= 15 is 0 Å². The first kappa shape index (κ1) is 29.7. The van der Waals surface area contributed by atoms with Crippen LogP contribution in [0.15, 0.2) is 54.7 Å². The Morgan fingerprint density at radius 3 is 2.48 bits per heavy atom. The van der Waals surface area contributed by atoms with Crippen molar-refractivity contribution in [1.29, 1.82) is 0 Å². The van der Waals surface area contributed by atoms with E-state index in [0.29, 0.717) is 17.3 Å². The zero-order chi connectivity index (χ0) is 29.9. The topological polar surface area (TPSA) is 86.8 Å². The third-order valence-electron chi connectivity index (χ3n) is 8.14. The molecule has 0 spiro atoms. The smallest absolute Gasteiger partial charge is 0.251 e. The summed E-state index contributed by atoms with van der Waals surface area (Å²) >= 11 is 0. The molecule has 1 atom stereocenters. The highest BCUT2D eigenvalue weighted by molar-refractivity contribution is 5.95. The van der Waals surface area contributed by atoms with Crippen LogP contribution in [0.4, 0.5) is 5.82 Å². The maximum atomic E-state index is 13.6. The number of aryl methyl sites for hydroxylation is 1. The Morgan fingerprint density at radius 2 is 1.74 bits per heavy atom. The molecule has 1 saturated heterocycles. The third-order valence-corrected chi connectivity index (χ3v) is 8.14. The molecule has 1 aliphatic carbocycles. The van der Waals surface area contributed by atoms with Gasteiger partial charge in [0.15, 0.2) is 0 Å². The molecule has 222 valence electrons. The summed E-state index contributed by atoms with van der Waals surface area (Å²) in [7, 11) is 2.17. The van der Waals surface area contributed by atoms with Crippen LogP contribution in [-0.2, 0) is 29.6 Å². The molecule has 8 nitrogen and oxygen atoms in total. The number of carbonyl (C=O) groups is 2. The van der Waals surface area contributed by atoms with Gasteiger partial charge in [0.25, 0.3) is 5.91 Å². The van der Waals surface area contributed by atoms with E-state index in [2.05, 4.69) is 83.6 Å². The summed E-state index contributed by atoms with van der Waals surface area (Å²) in [4.78, 5) is 34.0. The fourth-order valence-corrected chi connectivity index (χ4v) is 5.66. The number of piperazine rings is 1. The van der Waals surface area contributed by atoms with Crippen molar-refractivity contribution < 1.29 is 14.3 Å². The molecule has 8 heteroatoms. The average molecular weight is 570 g/mol. The van der Waals surface area contributed by atoms with Crippen LogP contribution in [0.1, 0.15) is 66.7 Å². The number of carbonyl (C=O) groups excluding carboxylic acids is 2. The monoisotopic (exact) mass is 569 g/mol. The van der Waals surface area contributed by atoms with E-state index in [1.54, 1.807) is 18.3 Å². The van der Waals surface area contributed by atoms with Crippen molar-refractivity contribution >= 4 is 17.6 Å². The summed E-state index contributed by atoms with van der Waals surface area (Å²) in [6.45, 7) is 13.1. The van der Waals surface area contributed by atoms with Crippen molar-refractivity contribution in [2.45, 2.75) is 65.0 Å². The standard InChI is InChI=1S/C34H43N5O3/c1-23(40)36-32-21-31(10-11-35-32)42-30-9-7-25-6-8-29(19-26(25)20-30)37-33(41)27-16-24(17-28(18-27)34(2,3)4)22-39-14-12-38(5)13-15-39/h7,9-11,16-18,20-21,29H,6,8,12-15,19,22H2,1-5H3,(H,37,41)(H,35,36,40). The summed E-state index contributed by atoms with van der Waals surface area (Å²) in [6.07, 6.45) is 4.16. The third kappa shape index (κ3) is 7.75. The van der Waals surface area contributed by atoms with Gasteiger partial charge in [-0.1, -0.05) is 32.9 Å². The van der Waals surface area contributed by atoms with E-state index < -0.39 is 0 Å².